The van der Waals surface area contributed by atoms with Gasteiger partial charge in [0.1, 0.15) is 0 Å². The molecule has 26 heavy (non-hydrogen) atoms. The predicted molar refractivity (Wildman–Crippen MR) is 96.5 cm³/mol. The summed E-state index contributed by atoms with van der Waals surface area (Å²) in [5.74, 6) is -0.874. The third-order valence-corrected chi connectivity index (χ3v) is 3.39. The van der Waals surface area contributed by atoms with Crippen LogP contribution in [0.25, 0.3) is 0 Å². The molecule has 0 saturated carbocycles. The van der Waals surface area contributed by atoms with Gasteiger partial charge in [0.25, 0.3) is 16.0 Å². The number of carbonyl (C=O) groups excluding carboxylic acids is 3. The van der Waals surface area contributed by atoms with Crippen molar-refractivity contribution in [3.63, 3.8) is 0 Å². The van der Waals surface area contributed by atoms with Gasteiger partial charge in [-0.25, -0.2) is 9.69 Å². The van der Waals surface area contributed by atoms with E-state index in [0.717, 1.165) is 4.90 Å². The fraction of sp³-hybridized carbons (Fsp3) is 0.800. The maximum Gasteiger partial charge on any atom is 0.440 e. The largest absolute Gasteiger partial charge is 0.440 e. The zero-order valence-electron chi connectivity index (χ0n) is 15.9. The minimum atomic E-state index is -3.80. The Morgan fingerprint density at radius 3 is 2.04 bits per heavy atom. The second kappa shape index (κ2) is 14.4. The van der Waals surface area contributed by atoms with Crippen LogP contribution in [0.4, 0.5) is 4.79 Å². The van der Waals surface area contributed by atoms with E-state index >= 15 is 0 Å². The molecule has 0 aromatic carbocycles. The molecule has 0 atom stereocenters. The first-order valence-electron chi connectivity index (χ1n) is 8.43. The van der Waals surface area contributed by atoms with Crippen molar-refractivity contribution in [3.8, 4) is 0 Å². The lowest BCUT2D eigenvalue weighted by atomic mass is 10.2. The molecular weight excluding hydrogens is 366 g/mol. The smallest absolute Gasteiger partial charge is 0.329 e. The van der Waals surface area contributed by atoms with E-state index in [0.29, 0.717) is 12.8 Å². The van der Waals surface area contributed by atoms with E-state index in [9.17, 15) is 22.8 Å². The van der Waals surface area contributed by atoms with Crippen molar-refractivity contribution in [2.75, 3.05) is 18.8 Å². The second-order valence-electron chi connectivity index (χ2n) is 5.87. The maximum atomic E-state index is 11.8. The molecule has 3 amide bonds. The molecule has 0 aromatic rings. The molecule has 4 N–H and O–H groups in total. The monoisotopic (exact) mass is 397 g/mol. The molecular formula is C15H31N3O7S. The highest BCUT2D eigenvalue weighted by Crippen LogP contribution is 2.05. The lowest BCUT2D eigenvalue weighted by Gasteiger charge is -2.21. The minimum absolute atomic E-state index is 0.0289. The Bertz CT molecular complexity index is 535. The van der Waals surface area contributed by atoms with Crippen LogP contribution in [0, 0.1) is 5.92 Å². The van der Waals surface area contributed by atoms with Crippen LogP contribution >= 0.6 is 0 Å². The highest BCUT2D eigenvalue weighted by molar-refractivity contribution is 7.85. The molecule has 0 bridgehead atoms. The summed E-state index contributed by atoms with van der Waals surface area (Å²) in [6.07, 6.45) is 1.05. The number of nitrogens with one attached hydrogen (secondary N) is 1. The van der Waals surface area contributed by atoms with Gasteiger partial charge in [0.05, 0.1) is 5.75 Å². The number of imide groups is 1. The van der Waals surface area contributed by atoms with Crippen molar-refractivity contribution in [2.24, 2.45) is 11.7 Å². The topological polar surface area (TPSA) is 156 Å². The lowest BCUT2D eigenvalue weighted by molar-refractivity contribution is -0.135. The third kappa shape index (κ3) is 15.8. The number of hydrogen-bond donors (Lipinski definition) is 3. The van der Waals surface area contributed by atoms with E-state index in [4.69, 9.17) is 10.3 Å². The van der Waals surface area contributed by atoms with E-state index < -0.39 is 16.2 Å². The van der Waals surface area contributed by atoms with Gasteiger partial charge in [-0.1, -0.05) is 27.7 Å². The standard InChI is InChI=1S/C13H24N2O4.C2H7NO3S/c1-5-7-11(16)14-19-13(18)15(9-10(3)4)12(17)8-6-2;3-1-2-7(4,5)6/h10H,5-9H2,1-4H3,(H,14,16);1-3H2,(H,4,5,6). The summed E-state index contributed by atoms with van der Waals surface area (Å²) in [6, 6.07) is 0. The van der Waals surface area contributed by atoms with E-state index in [1.807, 2.05) is 27.7 Å². The highest BCUT2D eigenvalue weighted by atomic mass is 32.2. The zero-order chi connectivity index (χ0) is 20.8. The first-order valence-corrected chi connectivity index (χ1v) is 10.0. The first-order chi connectivity index (χ1) is 12.0. The van der Waals surface area contributed by atoms with Crippen molar-refractivity contribution in [1.29, 1.82) is 0 Å². The molecule has 10 nitrogen and oxygen atoms in total. The van der Waals surface area contributed by atoms with Gasteiger partial charge >= 0.3 is 6.09 Å². The van der Waals surface area contributed by atoms with Gasteiger partial charge in [0.2, 0.25) is 5.91 Å². The maximum absolute atomic E-state index is 11.8. The van der Waals surface area contributed by atoms with Gasteiger partial charge < -0.3 is 10.6 Å². The number of hydroxylamine groups is 1. The van der Waals surface area contributed by atoms with Crippen LogP contribution in [-0.4, -0.2) is 54.6 Å². The summed E-state index contributed by atoms with van der Waals surface area (Å²) in [7, 11) is -3.80. The normalized spacial score (nSPS) is 10.6. The molecule has 0 unspecified atom stereocenters. The summed E-state index contributed by atoms with van der Waals surface area (Å²) in [4.78, 5) is 40.5. The summed E-state index contributed by atoms with van der Waals surface area (Å²) in [6.45, 7) is 7.75. The molecule has 0 aliphatic carbocycles. The molecule has 0 aromatic heterocycles. The Kier molecular flexibility index (Phi) is 14.7. The van der Waals surface area contributed by atoms with Gasteiger partial charge in [0.15, 0.2) is 0 Å². The Morgan fingerprint density at radius 1 is 1.15 bits per heavy atom. The average Bonchev–Trinajstić information content (AvgIpc) is 2.50. The zero-order valence-corrected chi connectivity index (χ0v) is 16.7. The molecule has 154 valence electrons. The quantitative estimate of drug-likeness (QED) is 0.405. The molecule has 0 heterocycles. The Hall–Kier alpha value is -1.72. The Balaban J connectivity index is 0. The minimum Gasteiger partial charge on any atom is -0.329 e. The van der Waals surface area contributed by atoms with Crippen LogP contribution in [0.1, 0.15) is 53.4 Å². The number of nitrogens with zero attached hydrogens (tertiary/aromatic N) is 1. The van der Waals surface area contributed by atoms with Crippen molar-refractivity contribution in [1.82, 2.24) is 10.4 Å². The summed E-state index contributed by atoms with van der Waals surface area (Å²) < 4.78 is 27.3. The van der Waals surface area contributed by atoms with Crippen LogP contribution in [0.5, 0.6) is 0 Å². The van der Waals surface area contributed by atoms with Gasteiger partial charge in [-0.05, 0) is 18.8 Å². The van der Waals surface area contributed by atoms with Gasteiger partial charge in [0, 0.05) is 25.9 Å². The molecule has 0 spiro atoms. The number of rotatable bonds is 8. The van der Waals surface area contributed by atoms with Gasteiger partial charge in [-0.2, -0.15) is 13.9 Å². The van der Waals surface area contributed by atoms with E-state index in [-0.39, 0.29) is 49.4 Å². The summed E-state index contributed by atoms with van der Waals surface area (Å²) in [5, 5.41) is 0. The third-order valence-electron chi connectivity index (χ3n) is 2.64. The van der Waals surface area contributed by atoms with Crippen LogP contribution in [0.15, 0.2) is 0 Å². The Morgan fingerprint density at radius 2 is 1.69 bits per heavy atom. The fourth-order valence-electron chi connectivity index (χ4n) is 1.57. The number of carbonyl (C=O) groups is 3. The molecule has 0 saturated heterocycles. The van der Waals surface area contributed by atoms with Crippen molar-refractivity contribution in [3.05, 3.63) is 0 Å². The lowest BCUT2D eigenvalue weighted by Crippen LogP contribution is -2.42. The number of hydrogen-bond acceptors (Lipinski definition) is 7. The molecule has 11 heteroatoms. The molecule has 0 aliphatic rings. The van der Waals surface area contributed by atoms with Crippen LogP contribution in [0.3, 0.4) is 0 Å². The predicted octanol–water partition coefficient (Wildman–Crippen LogP) is 1.07. The Labute approximate surface area is 155 Å². The number of nitrogens with two attached hydrogens (primary N) is 1. The SMILES string of the molecule is CCCC(=O)NOC(=O)N(CC(C)C)C(=O)CCC.NCCS(=O)(=O)O. The van der Waals surface area contributed by atoms with Gasteiger partial charge in [-0.3, -0.25) is 14.1 Å². The molecule has 0 aliphatic heterocycles. The first kappa shape index (κ1) is 26.5. The van der Waals surface area contributed by atoms with E-state index in [1.165, 1.54) is 0 Å². The number of amides is 3. The average molecular weight is 397 g/mol. The van der Waals surface area contributed by atoms with E-state index in [2.05, 4.69) is 10.3 Å². The van der Waals surface area contributed by atoms with Crippen molar-refractivity contribution < 1.29 is 32.2 Å². The van der Waals surface area contributed by atoms with Crippen LogP contribution in [-0.2, 0) is 24.5 Å². The summed E-state index contributed by atoms with van der Waals surface area (Å²) >= 11 is 0. The van der Waals surface area contributed by atoms with Crippen LogP contribution < -0.4 is 11.2 Å². The highest BCUT2D eigenvalue weighted by Gasteiger charge is 2.23. The van der Waals surface area contributed by atoms with E-state index in [1.54, 1.807) is 0 Å². The van der Waals surface area contributed by atoms with Gasteiger partial charge in [-0.15, -0.1) is 0 Å². The fourth-order valence-corrected chi connectivity index (χ4v) is 1.87. The van der Waals surface area contributed by atoms with Crippen molar-refractivity contribution in [2.45, 2.75) is 53.4 Å². The second-order valence-corrected chi connectivity index (χ2v) is 7.44. The van der Waals surface area contributed by atoms with Crippen molar-refractivity contribution >= 4 is 28.0 Å². The summed E-state index contributed by atoms with van der Waals surface area (Å²) in [5.41, 5.74) is 6.83. The molecule has 0 rings (SSSR count). The van der Waals surface area contributed by atoms with Crippen LogP contribution in [0.2, 0.25) is 0 Å². The molecule has 0 radical (unpaired) electrons. The molecule has 0 fully saturated rings.